The largest absolute Gasteiger partial charge is 0.416 e. The van der Waals surface area contributed by atoms with E-state index in [0.717, 1.165) is 37.3 Å². The molecule has 0 atom stereocenters. The lowest BCUT2D eigenvalue weighted by molar-refractivity contribution is -0.137. The number of halogens is 4. The molecule has 1 saturated heterocycles. The topological polar surface area (TPSA) is 54.3 Å². The first-order valence-electron chi connectivity index (χ1n) is 12.0. The van der Waals surface area contributed by atoms with E-state index in [0.29, 0.717) is 47.8 Å². The Morgan fingerprint density at radius 3 is 2.25 bits per heavy atom. The van der Waals surface area contributed by atoms with Crippen molar-refractivity contribution in [1.82, 2.24) is 19.4 Å². The summed E-state index contributed by atoms with van der Waals surface area (Å²) in [6.45, 7) is 10.3. The van der Waals surface area contributed by atoms with Crippen LogP contribution in [0.15, 0.2) is 47.3 Å². The molecule has 6 nitrogen and oxygen atoms in total. The number of benzene rings is 2. The number of hydrogen-bond donors (Lipinski definition) is 0. The third kappa shape index (κ3) is 5.73. The van der Waals surface area contributed by atoms with Crippen LogP contribution in [-0.2, 0) is 12.6 Å². The molecule has 1 aromatic heterocycles. The monoisotopic (exact) mass is 519 g/mol. The van der Waals surface area contributed by atoms with Crippen LogP contribution in [0.5, 0.6) is 0 Å². The Balaban J connectivity index is 1.80. The van der Waals surface area contributed by atoms with Crippen LogP contribution in [0.4, 0.5) is 19.1 Å². The Labute approximate surface area is 213 Å². The number of anilines is 1. The van der Waals surface area contributed by atoms with Gasteiger partial charge in [-0.2, -0.15) is 23.1 Å². The molecule has 0 unspecified atom stereocenters. The molecule has 36 heavy (non-hydrogen) atoms. The fraction of sp³-hybridized carbons (Fsp3) is 0.423. The molecular weight excluding hydrogens is 491 g/mol. The number of piperazine rings is 1. The smallest absolute Gasteiger partial charge is 0.338 e. The van der Waals surface area contributed by atoms with Crippen molar-refractivity contribution in [2.75, 3.05) is 37.6 Å². The van der Waals surface area contributed by atoms with Crippen molar-refractivity contribution in [1.29, 1.82) is 0 Å². The maximum absolute atomic E-state index is 13.4. The van der Waals surface area contributed by atoms with Gasteiger partial charge in [-0.05, 0) is 60.4 Å². The standard InChI is InChI=1S/C26H29ClF3N5O/c1-4-18-15-20(27)7-10-22(18)23-31-24(34-13-11-33(12-14-34)16-17(2)3)32-25(36)35(23)21-8-5-19(6-9-21)26(28,29)30/h5-10,15,17H,4,11-14,16H2,1-3H3. The van der Waals surface area contributed by atoms with Crippen LogP contribution >= 0.6 is 11.6 Å². The van der Waals surface area contributed by atoms with Gasteiger partial charge in [0.25, 0.3) is 0 Å². The van der Waals surface area contributed by atoms with Crippen molar-refractivity contribution in [2.45, 2.75) is 33.4 Å². The predicted octanol–water partition coefficient (Wildman–Crippen LogP) is 5.31. The molecule has 0 amide bonds. The van der Waals surface area contributed by atoms with E-state index in [2.05, 4.69) is 23.7 Å². The minimum Gasteiger partial charge on any atom is -0.338 e. The van der Waals surface area contributed by atoms with E-state index < -0.39 is 17.4 Å². The number of alkyl halides is 3. The second-order valence-corrected chi connectivity index (χ2v) is 9.78. The van der Waals surface area contributed by atoms with Crippen molar-refractivity contribution >= 4 is 17.5 Å². The zero-order valence-corrected chi connectivity index (χ0v) is 21.3. The van der Waals surface area contributed by atoms with E-state index in [1.54, 1.807) is 12.1 Å². The highest BCUT2D eigenvalue weighted by atomic mass is 35.5. The van der Waals surface area contributed by atoms with E-state index >= 15 is 0 Å². The molecule has 3 aromatic rings. The Hall–Kier alpha value is -2.91. The molecule has 1 fully saturated rings. The van der Waals surface area contributed by atoms with Crippen molar-refractivity contribution in [3.05, 3.63) is 69.1 Å². The number of hydrogen-bond acceptors (Lipinski definition) is 5. The van der Waals surface area contributed by atoms with Gasteiger partial charge in [0.2, 0.25) is 5.95 Å². The Kier molecular flexibility index (Phi) is 7.70. The van der Waals surface area contributed by atoms with Gasteiger partial charge < -0.3 is 4.90 Å². The van der Waals surface area contributed by atoms with E-state index in [-0.39, 0.29) is 5.69 Å². The van der Waals surface area contributed by atoms with Crippen molar-refractivity contribution in [3.63, 3.8) is 0 Å². The molecule has 192 valence electrons. The molecule has 0 bridgehead atoms. The molecule has 0 saturated carbocycles. The minimum atomic E-state index is -4.48. The van der Waals surface area contributed by atoms with Crippen molar-refractivity contribution < 1.29 is 13.2 Å². The predicted molar refractivity (Wildman–Crippen MR) is 136 cm³/mol. The third-order valence-electron chi connectivity index (χ3n) is 6.23. The van der Waals surface area contributed by atoms with E-state index in [4.69, 9.17) is 16.6 Å². The van der Waals surface area contributed by atoms with Gasteiger partial charge in [0.15, 0.2) is 5.82 Å². The first-order chi connectivity index (χ1) is 17.1. The van der Waals surface area contributed by atoms with Crippen LogP contribution in [0, 0.1) is 5.92 Å². The van der Waals surface area contributed by atoms with Crippen LogP contribution < -0.4 is 10.6 Å². The van der Waals surface area contributed by atoms with Crippen molar-refractivity contribution in [3.8, 4) is 17.1 Å². The summed E-state index contributed by atoms with van der Waals surface area (Å²) in [6, 6.07) is 9.75. The molecule has 0 N–H and O–H groups in total. The van der Waals surface area contributed by atoms with Crippen LogP contribution in [0.3, 0.4) is 0 Å². The van der Waals surface area contributed by atoms with Gasteiger partial charge >= 0.3 is 11.9 Å². The van der Waals surface area contributed by atoms with E-state index in [1.807, 2.05) is 17.9 Å². The first-order valence-corrected chi connectivity index (χ1v) is 12.4. The van der Waals surface area contributed by atoms with Gasteiger partial charge in [0.05, 0.1) is 11.3 Å². The minimum absolute atomic E-state index is 0.258. The lowest BCUT2D eigenvalue weighted by atomic mass is 10.0. The lowest BCUT2D eigenvalue weighted by Gasteiger charge is -2.35. The van der Waals surface area contributed by atoms with E-state index in [1.165, 1.54) is 16.7 Å². The average Bonchev–Trinajstić information content (AvgIpc) is 2.83. The van der Waals surface area contributed by atoms with Gasteiger partial charge in [0.1, 0.15) is 0 Å². The summed E-state index contributed by atoms with van der Waals surface area (Å²) in [4.78, 5) is 26.8. The zero-order chi connectivity index (χ0) is 26.0. The molecule has 2 heterocycles. The van der Waals surface area contributed by atoms with Gasteiger partial charge in [-0.1, -0.05) is 32.4 Å². The van der Waals surface area contributed by atoms with Gasteiger partial charge in [-0.3, -0.25) is 4.90 Å². The Bertz CT molecular complexity index is 1270. The van der Waals surface area contributed by atoms with Crippen LogP contribution in [0.2, 0.25) is 5.02 Å². The zero-order valence-electron chi connectivity index (χ0n) is 20.5. The summed E-state index contributed by atoms with van der Waals surface area (Å²) < 4.78 is 40.6. The maximum atomic E-state index is 13.4. The van der Waals surface area contributed by atoms with Gasteiger partial charge in [-0.15, -0.1) is 0 Å². The second-order valence-electron chi connectivity index (χ2n) is 9.35. The molecule has 0 radical (unpaired) electrons. The maximum Gasteiger partial charge on any atom is 0.416 e. The van der Waals surface area contributed by atoms with Crippen LogP contribution in [0.1, 0.15) is 31.9 Å². The highest BCUT2D eigenvalue weighted by Gasteiger charge is 2.30. The normalized spacial score (nSPS) is 15.1. The quantitative estimate of drug-likeness (QED) is 0.442. The number of rotatable bonds is 6. The molecule has 0 aliphatic carbocycles. The molecule has 0 spiro atoms. The molecule has 4 rings (SSSR count). The van der Waals surface area contributed by atoms with Crippen LogP contribution in [0.25, 0.3) is 17.1 Å². The van der Waals surface area contributed by atoms with E-state index in [9.17, 15) is 18.0 Å². The number of aryl methyl sites for hydroxylation is 1. The molecule has 1 aliphatic rings. The molecule has 2 aromatic carbocycles. The second kappa shape index (κ2) is 10.6. The average molecular weight is 520 g/mol. The summed E-state index contributed by atoms with van der Waals surface area (Å²) >= 11 is 6.21. The number of nitrogens with zero attached hydrogens (tertiary/aromatic N) is 5. The van der Waals surface area contributed by atoms with Gasteiger partial charge in [-0.25, -0.2) is 9.36 Å². The summed E-state index contributed by atoms with van der Waals surface area (Å²) in [5.41, 5.74) is 0.415. The summed E-state index contributed by atoms with van der Waals surface area (Å²) in [6.07, 6.45) is -3.85. The summed E-state index contributed by atoms with van der Waals surface area (Å²) in [7, 11) is 0. The Morgan fingerprint density at radius 1 is 1.00 bits per heavy atom. The SMILES string of the molecule is CCc1cc(Cl)ccc1-c1nc(N2CCN(CC(C)C)CC2)nc(=O)n1-c1ccc(C(F)(F)F)cc1. The highest BCUT2D eigenvalue weighted by Crippen LogP contribution is 2.31. The summed E-state index contributed by atoms with van der Waals surface area (Å²) in [5.74, 6) is 1.20. The summed E-state index contributed by atoms with van der Waals surface area (Å²) in [5, 5.41) is 0.551. The molecule has 10 heteroatoms. The molecule has 1 aliphatic heterocycles. The van der Waals surface area contributed by atoms with Crippen LogP contribution in [-0.4, -0.2) is 52.2 Å². The highest BCUT2D eigenvalue weighted by molar-refractivity contribution is 6.30. The van der Waals surface area contributed by atoms with Crippen molar-refractivity contribution in [2.24, 2.45) is 5.92 Å². The molecular formula is C26H29ClF3N5O. The number of aromatic nitrogens is 3. The third-order valence-corrected chi connectivity index (χ3v) is 6.46. The first kappa shape index (κ1) is 26.2. The van der Waals surface area contributed by atoms with Gasteiger partial charge in [0, 0.05) is 43.3 Å². The lowest BCUT2D eigenvalue weighted by Crippen LogP contribution is -2.48. The Morgan fingerprint density at radius 2 is 1.67 bits per heavy atom. The fourth-order valence-electron chi connectivity index (χ4n) is 4.47. The fourth-order valence-corrected chi connectivity index (χ4v) is 4.66.